The van der Waals surface area contributed by atoms with Crippen molar-refractivity contribution >= 4 is 33.4 Å². The predicted molar refractivity (Wildman–Crippen MR) is 129 cm³/mol. The normalized spacial score (nSPS) is 22.0. The number of carbonyl (C=O) groups excluding carboxylic acids is 2. The molecule has 1 unspecified atom stereocenters. The molecule has 3 aliphatic rings. The topological polar surface area (TPSA) is 73.5 Å². The van der Waals surface area contributed by atoms with Crippen LogP contribution >= 0.6 is 11.3 Å². The van der Waals surface area contributed by atoms with Gasteiger partial charge in [-0.2, -0.15) is 0 Å². The van der Waals surface area contributed by atoms with Gasteiger partial charge in [0.05, 0.1) is 4.88 Å². The molecule has 3 fully saturated rings. The molecule has 2 aromatic carbocycles. The van der Waals surface area contributed by atoms with Gasteiger partial charge in [-0.1, -0.05) is 42.5 Å². The number of amides is 3. The number of hydrogen-bond donors (Lipinski definition) is 3. The van der Waals surface area contributed by atoms with Crippen molar-refractivity contribution in [1.82, 2.24) is 20.9 Å². The maximum Gasteiger partial charge on any atom is 0.314 e. The van der Waals surface area contributed by atoms with Crippen LogP contribution in [0.4, 0.5) is 4.79 Å². The van der Waals surface area contributed by atoms with Crippen LogP contribution in [0.2, 0.25) is 0 Å². The molecule has 3 saturated heterocycles. The minimum Gasteiger partial charge on any atom is -0.347 e. The molecule has 166 valence electrons. The highest BCUT2D eigenvalue weighted by molar-refractivity contribution is 7.21. The molecule has 0 saturated carbocycles. The van der Waals surface area contributed by atoms with E-state index in [1.165, 1.54) is 12.8 Å². The lowest BCUT2D eigenvalue weighted by Gasteiger charge is -2.44. The second-order valence-corrected chi connectivity index (χ2v) is 9.69. The van der Waals surface area contributed by atoms with Crippen LogP contribution in [0, 0.1) is 5.92 Å². The van der Waals surface area contributed by atoms with Crippen molar-refractivity contribution in [3.8, 4) is 11.1 Å². The molecule has 7 heteroatoms. The summed E-state index contributed by atoms with van der Waals surface area (Å²) in [5.41, 5.74) is 3.19. The minimum atomic E-state index is -0.208. The zero-order chi connectivity index (χ0) is 22.1. The molecule has 3 N–H and O–H groups in total. The number of nitrogens with one attached hydrogen (secondary N) is 3. The van der Waals surface area contributed by atoms with Crippen LogP contribution in [0.15, 0.2) is 48.5 Å². The zero-order valence-corrected chi connectivity index (χ0v) is 19.0. The van der Waals surface area contributed by atoms with Gasteiger partial charge < -0.3 is 20.9 Å². The summed E-state index contributed by atoms with van der Waals surface area (Å²) < 4.78 is 1.10. The predicted octanol–water partition coefficient (Wildman–Crippen LogP) is 3.82. The standard InChI is InChI=1S/C25H28N4O2S/c1-26-25(31)27-14-18-5-2-3-7-19(18)20-8-4-6-17-13-22(32-23(17)20)24(30)28-21-15-29-11-9-16(21)10-12-29/h2-8,13,16,21H,9-12,14-15H2,1H3,(H,28,30)(H2,26,27,31). The third kappa shape index (κ3) is 4.10. The van der Waals surface area contributed by atoms with Crippen molar-refractivity contribution in [3.63, 3.8) is 0 Å². The van der Waals surface area contributed by atoms with Crippen molar-refractivity contribution < 1.29 is 9.59 Å². The van der Waals surface area contributed by atoms with Gasteiger partial charge in [0.1, 0.15) is 0 Å². The number of nitrogens with zero attached hydrogens (tertiary/aromatic N) is 1. The van der Waals surface area contributed by atoms with Crippen LogP contribution in [-0.4, -0.2) is 49.6 Å². The van der Waals surface area contributed by atoms with Crippen LogP contribution in [-0.2, 0) is 6.54 Å². The van der Waals surface area contributed by atoms with Crippen LogP contribution in [0.1, 0.15) is 28.1 Å². The van der Waals surface area contributed by atoms with E-state index in [9.17, 15) is 9.59 Å². The Balaban J connectivity index is 1.42. The van der Waals surface area contributed by atoms with E-state index in [4.69, 9.17) is 0 Å². The number of fused-ring (bicyclic) bond motifs is 4. The third-order valence-corrected chi connectivity index (χ3v) is 7.90. The summed E-state index contributed by atoms with van der Waals surface area (Å²) in [5.74, 6) is 0.638. The quantitative estimate of drug-likeness (QED) is 0.556. The van der Waals surface area contributed by atoms with Crippen LogP contribution in [0.3, 0.4) is 0 Å². The van der Waals surface area contributed by atoms with Gasteiger partial charge in [-0.05, 0) is 60.0 Å². The SMILES string of the molecule is CNC(=O)NCc1ccccc1-c1cccc2cc(C(=O)NC3CN4CCC3CC4)sc12. The second-order valence-electron chi connectivity index (χ2n) is 8.64. The lowest BCUT2D eigenvalue weighted by atomic mass is 9.84. The molecule has 6 rings (SSSR count). The van der Waals surface area contributed by atoms with E-state index in [0.717, 1.165) is 51.3 Å². The number of benzene rings is 2. The number of thiophene rings is 1. The lowest BCUT2D eigenvalue weighted by Crippen LogP contribution is -2.57. The van der Waals surface area contributed by atoms with E-state index >= 15 is 0 Å². The average molecular weight is 449 g/mol. The number of rotatable bonds is 5. The minimum absolute atomic E-state index is 0.0328. The first-order valence-electron chi connectivity index (χ1n) is 11.2. The van der Waals surface area contributed by atoms with Gasteiger partial charge in [-0.15, -0.1) is 11.3 Å². The Morgan fingerprint density at radius 3 is 2.59 bits per heavy atom. The molecule has 3 aromatic rings. The van der Waals surface area contributed by atoms with Gasteiger partial charge >= 0.3 is 6.03 Å². The van der Waals surface area contributed by atoms with Gasteiger partial charge in [0.15, 0.2) is 0 Å². The molecule has 4 heterocycles. The van der Waals surface area contributed by atoms with Gasteiger partial charge in [0.25, 0.3) is 5.91 Å². The Hall–Kier alpha value is -2.90. The first-order chi connectivity index (χ1) is 15.6. The highest BCUT2D eigenvalue weighted by atomic mass is 32.1. The van der Waals surface area contributed by atoms with Crippen LogP contribution in [0.5, 0.6) is 0 Å². The summed E-state index contributed by atoms with van der Waals surface area (Å²) in [6.07, 6.45) is 2.37. The summed E-state index contributed by atoms with van der Waals surface area (Å²) in [4.78, 5) is 28.0. The average Bonchev–Trinajstić information content (AvgIpc) is 3.28. The lowest BCUT2D eigenvalue weighted by molar-refractivity contribution is 0.0622. The molecule has 0 spiro atoms. The summed E-state index contributed by atoms with van der Waals surface area (Å²) >= 11 is 1.55. The second kappa shape index (κ2) is 8.92. The molecular formula is C25H28N4O2S. The molecule has 1 aromatic heterocycles. The van der Waals surface area contributed by atoms with E-state index in [2.05, 4.69) is 39.0 Å². The number of hydrogen-bond acceptors (Lipinski definition) is 4. The molecule has 6 nitrogen and oxygen atoms in total. The Morgan fingerprint density at radius 2 is 1.84 bits per heavy atom. The monoisotopic (exact) mass is 448 g/mol. The van der Waals surface area contributed by atoms with Crippen molar-refractivity contribution in [2.24, 2.45) is 5.92 Å². The molecule has 0 aliphatic carbocycles. The van der Waals surface area contributed by atoms with Crippen molar-refractivity contribution in [3.05, 3.63) is 59.0 Å². The molecule has 1 atom stereocenters. The Kier molecular flexibility index (Phi) is 5.85. The molecule has 32 heavy (non-hydrogen) atoms. The highest BCUT2D eigenvalue weighted by Gasteiger charge is 2.35. The fourth-order valence-electron chi connectivity index (χ4n) is 4.96. The van der Waals surface area contributed by atoms with Crippen molar-refractivity contribution in [2.75, 3.05) is 26.7 Å². The Labute approximate surface area is 192 Å². The number of urea groups is 1. The van der Waals surface area contributed by atoms with Gasteiger partial charge in [-0.25, -0.2) is 4.79 Å². The van der Waals surface area contributed by atoms with Crippen LogP contribution < -0.4 is 16.0 Å². The molecule has 0 radical (unpaired) electrons. The Morgan fingerprint density at radius 1 is 1.06 bits per heavy atom. The fourth-order valence-corrected chi connectivity index (χ4v) is 6.05. The van der Waals surface area contributed by atoms with E-state index in [0.29, 0.717) is 12.5 Å². The first-order valence-corrected chi connectivity index (χ1v) is 12.0. The fraction of sp³-hybridized carbons (Fsp3) is 0.360. The molecule has 3 aliphatic heterocycles. The van der Waals surface area contributed by atoms with Gasteiger partial charge in [-0.3, -0.25) is 4.79 Å². The van der Waals surface area contributed by atoms with Crippen molar-refractivity contribution in [2.45, 2.75) is 25.4 Å². The van der Waals surface area contributed by atoms with E-state index in [1.54, 1.807) is 18.4 Å². The number of piperidine rings is 3. The summed E-state index contributed by atoms with van der Waals surface area (Å²) in [6.45, 7) is 3.73. The van der Waals surface area contributed by atoms with Gasteiger partial charge in [0.2, 0.25) is 0 Å². The smallest absolute Gasteiger partial charge is 0.314 e. The highest BCUT2D eigenvalue weighted by Crippen LogP contribution is 2.37. The van der Waals surface area contributed by atoms with E-state index in [1.807, 2.05) is 30.3 Å². The third-order valence-electron chi connectivity index (χ3n) is 6.71. The Bertz CT molecular complexity index is 1150. The maximum atomic E-state index is 13.1. The van der Waals surface area contributed by atoms with Crippen molar-refractivity contribution in [1.29, 1.82) is 0 Å². The van der Waals surface area contributed by atoms with Gasteiger partial charge in [0, 0.05) is 30.9 Å². The summed E-state index contributed by atoms with van der Waals surface area (Å²) in [5, 5.41) is 9.84. The maximum absolute atomic E-state index is 13.1. The number of carbonyl (C=O) groups is 2. The van der Waals surface area contributed by atoms with E-state index < -0.39 is 0 Å². The summed E-state index contributed by atoms with van der Waals surface area (Å²) in [6, 6.07) is 16.3. The molecular weight excluding hydrogens is 420 g/mol. The zero-order valence-electron chi connectivity index (χ0n) is 18.2. The van der Waals surface area contributed by atoms with E-state index in [-0.39, 0.29) is 18.0 Å². The largest absolute Gasteiger partial charge is 0.347 e. The summed E-state index contributed by atoms with van der Waals surface area (Å²) in [7, 11) is 1.61. The first kappa shape index (κ1) is 21.0. The molecule has 3 amide bonds. The van der Waals surface area contributed by atoms with Crippen LogP contribution in [0.25, 0.3) is 21.2 Å². The molecule has 2 bridgehead atoms.